The van der Waals surface area contributed by atoms with E-state index in [0.29, 0.717) is 35.2 Å². The molecular formula is C19H21N5O4. The van der Waals surface area contributed by atoms with Crippen molar-refractivity contribution in [1.29, 1.82) is 0 Å². The van der Waals surface area contributed by atoms with Crippen LogP contribution in [0.25, 0.3) is 5.69 Å². The SMILES string of the molecule is CCOc1ccccc1-n1nnc(C(=O)Nc2ccc(OC)c(OC)c2)c1N. The number of carbonyl (C=O) groups excluding carboxylic acids is 1. The largest absolute Gasteiger partial charge is 0.493 e. The zero-order valence-corrected chi connectivity index (χ0v) is 15.8. The molecule has 0 aliphatic rings. The van der Waals surface area contributed by atoms with E-state index in [2.05, 4.69) is 15.6 Å². The molecule has 9 heteroatoms. The first kappa shape index (κ1) is 19.0. The lowest BCUT2D eigenvalue weighted by atomic mass is 10.2. The Bertz CT molecular complexity index is 986. The van der Waals surface area contributed by atoms with Crippen LogP contribution in [-0.2, 0) is 0 Å². The molecule has 0 spiro atoms. The summed E-state index contributed by atoms with van der Waals surface area (Å²) in [6.45, 7) is 2.36. The molecule has 146 valence electrons. The van der Waals surface area contributed by atoms with Crippen molar-refractivity contribution >= 4 is 17.4 Å². The van der Waals surface area contributed by atoms with E-state index in [4.69, 9.17) is 19.9 Å². The molecule has 0 radical (unpaired) electrons. The predicted octanol–water partition coefficient (Wildman–Crippen LogP) is 2.52. The Morgan fingerprint density at radius 1 is 1.11 bits per heavy atom. The summed E-state index contributed by atoms with van der Waals surface area (Å²) < 4.78 is 17.4. The van der Waals surface area contributed by atoms with Crippen LogP contribution in [0, 0.1) is 0 Å². The van der Waals surface area contributed by atoms with Crippen LogP contribution in [0.15, 0.2) is 42.5 Å². The van der Waals surface area contributed by atoms with Crippen LogP contribution >= 0.6 is 0 Å². The highest BCUT2D eigenvalue weighted by molar-refractivity contribution is 6.06. The highest BCUT2D eigenvalue weighted by atomic mass is 16.5. The van der Waals surface area contributed by atoms with Crippen LogP contribution in [0.4, 0.5) is 11.5 Å². The van der Waals surface area contributed by atoms with Gasteiger partial charge in [-0.15, -0.1) is 5.10 Å². The van der Waals surface area contributed by atoms with Crippen molar-refractivity contribution in [1.82, 2.24) is 15.0 Å². The molecule has 1 amide bonds. The van der Waals surface area contributed by atoms with E-state index >= 15 is 0 Å². The molecule has 2 aromatic carbocycles. The molecule has 0 bridgehead atoms. The molecule has 0 saturated carbocycles. The topological polar surface area (TPSA) is 114 Å². The Hall–Kier alpha value is -3.75. The van der Waals surface area contributed by atoms with Gasteiger partial charge in [0.1, 0.15) is 11.4 Å². The molecule has 0 saturated heterocycles. The lowest BCUT2D eigenvalue weighted by Crippen LogP contribution is -2.15. The number of hydrogen-bond acceptors (Lipinski definition) is 7. The first-order valence-electron chi connectivity index (χ1n) is 8.55. The van der Waals surface area contributed by atoms with Gasteiger partial charge >= 0.3 is 0 Å². The number of anilines is 2. The summed E-state index contributed by atoms with van der Waals surface area (Å²) in [6, 6.07) is 12.3. The fourth-order valence-corrected chi connectivity index (χ4v) is 2.64. The highest BCUT2D eigenvalue weighted by Gasteiger charge is 2.20. The quantitative estimate of drug-likeness (QED) is 0.644. The van der Waals surface area contributed by atoms with Gasteiger partial charge in [-0.1, -0.05) is 17.3 Å². The van der Waals surface area contributed by atoms with E-state index in [1.54, 1.807) is 30.3 Å². The van der Waals surface area contributed by atoms with Crippen molar-refractivity contribution < 1.29 is 19.0 Å². The minimum Gasteiger partial charge on any atom is -0.493 e. The summed E-state index contributed by atoms with van der Waals surface area (Å²) in [5.74, 6) is 1.24. The lowest BCUT2D eigenvalue weighted by molar-refractivity contribution is 0.102. The number of nitrogens with two attached hydrogens (primary N) is 1. The maximum atomic E-state index is 12.6. The van der Waals surface area contributed by atoms with E-state index in [9.17, 15) is 4.79 Å². The van der Waals surface area contributed by atoms with E-state index in [0.717, 1.165) is 0 Å². The monoisotopic (exact) mass is 383 g/mol. The zero-order valence-electron chi connectivity index (χ0n) is 15.8. The fraction of sp³-hybridized carbons (Fsp3) is 0.211. The van der Waals surface area contributed by atoms with Crippen molar-refractivity contribution in [2.75, 3.05) is 31.9 Å². The van der Waals surface area contributed by atoms with Gasteiger partial charge < -0.3 is 25.3 Å². The van der Waals surface area contributed by atoms with Crippen molar-refractivity contribution in [3.8, 4) is 22.9 Å². The van der Waals surface area contributed by atoms with E-state index < -0.39 is 5.91 Å². The van der Waals surface area contributed by atoms with Gasteiger partial charge in [0.15, 0.2) is 23.0 Å². The van der Waals surface area contributed by atoms with Gasteiger partial charge in [-0.2, -0.15) is 4.68 Å². The lowest BCUT2D eigenvalue weighted by Gasteiger charge is -2.11. The van der Waals surface area contributed by atoms with Gasteiger partial charge in [-0.05, 0) is 31.2 Å². The summed E-state index contributed by atoms with van der Waals surface area (Å²) in [6.07, 6.45) is 0. The third-order valence-electron chi connectivity index (χ3n) is 3.95. The summed E-state index contributed by atoms with van der Waals surface area (Å²) >= 11 is 0. The van der Waals surface area contributed by atoms with Crippen molar-refractivity contribution in [2.45, 2.75) is 6.92 Å². The van der Waals surface area contributed by atoms with Crippen molar-refractivity contribution in [2.24, 2.45) is 0 Å². The van der Waals surface area contributed by atoms with Crippen LogP contribution in [-0.4, -0.2) is 41.7 Å². The molecule has 3 N–H and O–H groups in total. The number of nitrogen functional groups attached to an aromatic ring is 1. The molecule has 0 fully saturated rings. The summed E-state index contributed by atoms with van der Waals surface area (Å²) in [5.41, 5.74) is 7.24. The number of para-hydroxylation sites is 2. The second-order valence-electron chi connectivity index (χ2n) is 5.66. The number of aromatic nitrogens is 3. The maximum absolute atomic E-state index is 12.6. The minimum absolute atomic E-state index is 0.00101. The first-order valence-corrected chi connectivity index (χ1v) is 8.55. The molecule has 0 atom stereocenters. The van der Waals surface area contributed by atoms with E-state index in [1.807, 2.05) is 19.1 Å². The fourth-order valence-electron chi connectivity index (χ4n) is 2.64. The van der Waals surface area contributed by atoms with Crippen LogP contribution in [0.3, 0.4) is 0 Å². The number of methoxy groups -OCH3 is 2. The van der Waals surface area contributed by atoms with Crippen molar-refractivity contribution in [3.05, 3.63) is 48.2 Å². The third kappa shape index (κ3) is 3.68. The third-order valence-corrected chi connectivity index (χ3v) is 3.95. The number of rotatable bonds is 7. The standard InChI is InChI=1S/C19H21N5O4/c1-4-28-14-8-6-5-7-13(14)24-18(20)17(22-23-24)19(25)21-12-9-10-15(26-2)16(11-12)27-3/h5-11H,4,20H2,1-3H3,(H,21,25). The minimum atomic E-state index is -0.495. The molecule has 3 rings (SSSR count). The van der Waals surface area contributed by atoms with E-state index in [1.165, 1.54) is 18.9 Å². The van der Waals surface area contributed by atoms with Gasteiger partial charge in [0.2, 0.25) is 0 Å². The summed E-state index contributed by atoms with van der Waals surface area (Å²) in [4.78, 5) is 12.6. The van der Waals surface area contributed by atoms with E-state index in [-0.39, 0.29) is 11.5 Å². The Morgan fingerprint density at radius 2 is 1.86 bits per heavy atom. The number of nitrogens with zero attached hydrogens (tertiary/aromatic N) is 3. The normalized spacial score (nSPS) is 10.4. The predicted molar refractivity (Wildman–Crippen MR) is 104 cm³/mol. The Kier molecular flexibility index (Phi) is 5.64. The number of amides is 1. The number of benzene rings is 2. The molecular weight excluding hydrogens is 362 g/mol. The maximum Gasteiger partial charge on any atom is 0.280 e. The first-order chi connectivity index (χ1) is 13.6. The average molecular weight is 383 g/mol. The zero-order chi connectivity index (χ0) is 20.1. The highest BCUT2D eigenvalue weighted by Crippen LogP contribution is 2.30. The van der Waals surface area contributed by atoms with Gasteiger partial charge in [0.05, 0.1) is 20.8 Å². The van der Waals surface area contributed by atoms with Crippen LogP contribution in [0.5, 0.6) is 17.2 Å². The number of hydrogen-bond donors (Lipinski definition) is 2. The van der Waals surface area contributed by atoms with Crippen molar-refractivity contribution in [3.63, 3.8) is 0 Å². The molecule has 3 aromatic rings. The number of nitrogens with one attached hydrogen (secondary N) is 1. The van der Waals surface area contributed by atoms with Gasteiger partial charge in [0, 0.05) is 11.8 Å². The number of carbonyl (C=O) groups is 1. The number of ether oxygens (including phenoxy) is 3. The molecule has 9 nitrogen and oxygen atoms in total. The van der Waals surface area contributed by atoms with Gasteiger partial charge in [0.25, 0.3) is 5.91 Å². The Labute approximate surface area is 162 Å². The molecule has 0 aliphatic carbocycles. The van der Waals surface area contributed by atoms with Crippen LogP contribution < -0.4 is 25.3 Å². The molecule has 0 aliphatic heterocycles. The smallest absolute Gasteiger partial charge is 0.280 e. The average Bonchev–Trinajstić information content (AvgIpc) is 3.10. The Morgan fingerprint density at radius 3 is 2.57 bits per heavy atom. The summed E-state index contributed by atoms with van der Waals surface area (Å²) in [7, 11) is 3.05. The molecule has 1 heterocycles. The van der Waals surface area contributed by atoms with Gasteiger partial charge in [-0.25, -0.2) is 0 Å². The van der Waals surface area contributed by atoms with Gasteiger partial charge in [-0.3, -0.25) is 4.79 Å². The molecule has 0 unspecified atom stereocenters. The van der Waals surface area contributed by atoms with Crippen LogP contribution in [0.1, 0.15) is 17.4 Å². The second kappa shape index (κ2) is 8.30. The molecule has 1 aromatic heterocycles. The second-order valence-corrected chi connectivity index (χ2v) is 5.66. The summed E-state index contributed by atoms with van der Waals surface area (Å²) in [5, 5.41) is 10.7. The Balaban J connectivity index is 1.87. The molecule has 28 heavy (non-hydrogen) atoms. The van der Waals surface area contributed by atoms with Crippen LogP contribution in [0.2, 0.25) is 0 Å².